The van der Waals surface area contributed by atoms with Gasteiger partial charge in [-0.05, 0) is 37.3 Å². The van der Waals surface area contributed by atoms with Gasteiger partial charge in [0.25, 0.3) is 0 Å². The zero-order valence-electron chi connectivity index (χ0n) is 14.3. The van der Waals surface area contributed by atoms with Crippen LogP contribution in [0.1, 0.15) is 12.5 Å². The summed E-state index contributed by atoms with van der Waals surface area (Å²) >= 11 is 0. The highest BCUT2D eigenvalue weighted by Gasteiger charge is 2.13. The summed E-state index contributed by atoms with van der Waals surface area (Å²) < 4.78 is 39.5. The van der Waals surface area contributed by atoms with Crippen molar-refractivity contribution in [2.24, 2.45) is 7.05 Å². The molecule has 0 aliphatic heterocycles. The largest absolute Gasteiger partial charge is 0.463 e. The maximum absolute atomic E-state index is 13.9. The number of carbonyl (C=O) groups excluding carboxylic acids is 1. The Kier molecular flexibility index (Phi) is 5.02. The normalized spacial score (nSPS) is 11.2. The first-order chi connectivity index (χ1) is 12.5. The van der Waals surface area contributed by atoms with Gasteiger partial charge < -0.3 is 14.0 Å². The molecule has 2 aromatic carbocycles. The van der Waals surface area contributed by atoms with Gasteiger partial charge in [-0.2, -0.15) is 0 Å². The summed E-state index contributed by atoms with van der Waals surface area (Å²) in [5, 5.41) is 0.708. The summed E-state index contributed by atoms with van der Waals surface area (Å²) in [7, 11) is 1.85. The van der Waals surface area contributed by atoms with E-state index in [9.17, 15) is 13.6 Å². The Hall–Kier alpha value is -3.15. The van der Waals surface area contributed by atoms with Crippen molar-refractivity contribution in [2.45, 2.75) is 6.92 Å². The molecule has 0 N–H and O–H groups in total. The van der Waals surface area contributed by atoms with Crippen molar-refractivity contribution in [1.29, 1.82) is 0 Å². The monoisotopic (exact) mass is 357 g/mol. The molecule has 3 aromatic rings. The zero-order chi connectivity index (χ0) is 18.7. The van der Waals surface area contributed by atoms with Crippen molar-refractivity contribution in [3.8, 4) is 11.5 Å². The van der Waals surface area contributed by atoms with Crippen molar-refractivity contribution in [1.82, 2.24) is 4.57 Å². The summed E-state index contributed by atoms with van der Waals surface area (Å²) in [6, 6.07) is 8.48. The number of rotatable bonds is 5. The summed E-state index contributed by atoms with van der Waals surface area (Å²) in [5.74, 6) is -1.60. The number of ether oxygens (including phenoxy) is 2. The van der Waals surface area contributed by atoms with Gasteiger partial charge >= 0.3 is 5.97 Å². The minimum atomic E-state index is -0.790. The highest BCUT2D eigenvalue weighted by Crippen LogP contribution is 2.35. The van der Waals surface area contributed by atoms with E-state index in [4.69, 9.17) is 9.47 Å². The molecular weight excluding hydrogens is 340 g/mol. The Labute approximate surface area is 149 Å². The Morgan fingerprint density at radius 3 is 2.73 bits per heavy atom. The van der Waals surface area contributed by atoms with Crippen LogP contribution >= 0.6 is 0 Å². The number of halogens is 2. The number of fused-ring (bicyclic) bond motifs is 1. The quantitative estimate of drug-likeness (QED) is 0.485. The van der Waals surface area contributed by atoms with Crippen LogP contribution in [-0.2, 0) is 16.6 Å². The molecule has 1 heterocycles. The van der Waals surface area contributed by atoms with E-state index >= 15 is 0 Å². The highest BCUT2D eigenvalue weighted by molar-refractivity contribution is 5.97. The van der Waals surface area contributed by atoms with Gasteiger partial charge in [0.1, 0.15) is 11.6 Å². The van der Waals surface area contributed by atoms with Gasteiger partial charge in [-0.1, -0.05) is 6.07 Å². The van der Waals surface area contributed by atoms with Crippen molar-refractivity contribution < 1.29 is 23.0 Å². The van der Waals surface area contributed by atoms with Crippen molar-refractivity contribution >= 4 is 22.9 Å². The lowest BCUT2D eigenvalue weighted by Crippen LogP contribution is -1.98. The fourth-order valence-corrected chi connectivity index (χ4v) is 2.68. The Morgan fingerprint density at radius 2 is 2.00 bits per heavy atom. The van der Waals surface area contributed by atoms with Crippen LogP contribution in [0.5, 0.6) is 11.5 Å². The Morgan fingerprint density at radius 1 is 1.19 bits per heavy atom. The molecule has 0 bridgehead atoms. The van der Waals surface area contributed by atoms with Gasteiger partial charge in [0.15, 0.2) is 11.6 Å². The predicted molar refractivity (Wildman–Crippen MR) is 95.0 cm³/mol. The molecule has 26 heavy (non-hydrogen) atoms. The van der Waals surface area contributed by atoms with Crippen LogP contribution in [0.3, 0.4) is 0 Å². The molecule has 0 saturated heterocycles. The maximum Gasteiger partial charge on any atom is 0.330 e. The molecule has 0 atom stereocenters. The van der Waals surface area contributed by atoms with Crippen LogP contribution in [-0.4, -0.2) is 17.1 Å². The molecular formula is C20H17F2NO3. The molecule has 0 aliphatic rings. The second kappa shape index (κ2) is 7.39. The standard InChI is InChI=1S/C20H17F2NO3/c1-3-25-19(24)10-7-13-12-23(2)16-5-4-6-18(20(13)16)26-17-9-8-14(21)11-15(17)22/h4-12H,3H2,1-2H3/b10-7+. The van der Waals surface area contributed by atoms with Gasteiger partial charge in [-0.15, -0.1) is 0 Å². The summed E-state index contributed by atoms with van der Waals surface area (Å²) in [6.07, 6.45) is 4.77. The molecule has 1 aromatic heterocycles. The number of aromatic nitrogens is 1. The van der Waals surface area contributed by atoms with E-state index in [-0.39, 0.29) is 12.4 Å². The fourth-order valence-electron chi connectivity index (χ4n) is 2.68. The van der Waals surface area contributed by atoms with Crippen LogP contribution in [0.2, 0.25) is 0 Å². The van der Waals surface area contributed by atoms with Crippen LogP contribution in [0.15, 0.2) is 48.7 Å². The predicted octanol–water partition coefficient (Wildman–Crippen LogP) is 4.83. The molecule has 4 nitrogen and oxygen atoms in total. The van der Waals surface area contributed by atoms with E-state index in [0.29, 0.717) is 16.7 Å². The Bertz CT molecular complexity index is 992. The average Bonchev–Trinajstić information content (AvgIpc) is 2.93. The summed E-state index contributed by atoms with van der Waals surface area (Å²) in [4.78, 5) is 11.6. The first-order valence-corrected chi connectivity index (χ1v) is 8.05. The lowest BCUT2D eigenvalue weighted by atomic mass is 10.1. The van der Waals surface area contributed by atoms with Gasteiger partial charge in [-0.25, -0.2) is 13.6 Å². The van der Waals surface area contributed by atoms with E-state index in [2.05, 4.69) is 0 Å². The van der Waals surface area contributed by atoms with E-state index < -0.39 is 17.6 Å². The third-order valence-corrected chi connectivity index (χ3v) is 3.81. The smallest absolute Gasteiger partial charge is 0.330 e. The van der Waals surface area contributed by atoms with Gasteiger partial charge in [0.05, 0.1) is 12.1 Å². The molecule has 0 spiro atoms. The first-order valence-electron chi connectivity index (χ1n) is 8.05. The lowest BCUT2D eigenvalue weighted by Gasteiger charge is -2.09. The minimum absolute atomic E-state index is 0.0805. The third kappa shape index (κ3) is 3.59. The first kappa shape index (κ1) is 17.7. The van der Waals surface area contributed by atoms with Crippen LogP contribution in [0, 0.1) is 11.6 Å². The SMILES string of the molecule is CCOC(=O)/C=C/c1cn(C)c2cccc(Oc3ccc(F)cc3F)c12. The minimum Gasteiger partial charge on any atom is -0.463 e. The Balaban J connectivity index is 2.04. The number of esters is 1. The molecule has 0 unspecified atom stereocenters. The van der Waals surface area contributed by atoms with E-state index in [1.165, 1.54) is 12.1 Å². The number of benzene rings is 2. The number of aryl methyl sites for hydroxylation is 1. The average molecular weight is 357 g/mol. The van der Waals surface area contributed by atoms with Crippen LogP contribution in [0.4, 0.5) is 8.78 Å². The topological polar surface area (TPSA) is 40.5 Å². The lowest BCUT2D eigenvalue weighted by molar-refractivity contribution is -0.137. The zero-order valence-corrected chi connectivity index (χ0v) is 14.3. The van der Waals surface area contributed by atoms with Crippen LogP contribution < -0.4 is 4.74 Å². The molecule has 3 rings (SSSR count). The van der Waals surface area contributed by atoms with Crippen molar-refractivity contribution in [2.75, 3.05) is 6.61 Å². The molecule has 0 amide bonds. The number of nitrogens with zero attached hydrogens (tertiary/aromatic N) is 1. The van der Waals surface area contributed by atoms with E-state index in [0.717, 1.165) is 17.6 Å². The van der Waals surface area contributed by atoms with Crippen LogP contribution in [0.25, 0.3) is 17.0 Å². The molecule has 6 heteroatoms. The summed E-state index contributed by atoms with van der Waals surface area (Å²) in [6.45, 7) is 2.02. The maximum atomic E-state index is 13.9. The van der Waals surface area contributed by atoms with Crippen molar-refractivity contribution in [3.05, 3.63) is 65.9 Å². The molecule has 0 saturated carbocycles. The van der Waals surface area contributed by atoms with Gasteiger partial charge in [-0.3, -0.25) is 0 Å². The van der Waals surface area contributed by atoms with Gasteiger partial charge in [0.2, 0.25) is 0 Å². The highest BCUT2D eigenvalue weighted by atomic mass is 19.1. The van der Waals surface area contributed by atoms with E-state index in [1.54, 1.807) is 25.1 Å². The third-order valence-electron chi connectivity index (χ3n) is 3.81. The second-order valence-electron chi connectivity index (χ2n) is 5.61. The number of carbonyl (C=O) groups is 1. The fraction of sp³-hybridized carbons (Fsp3) is 0.150. The van der Waals surface area contributed by atoms with Crippen molar-refractivity contribution in [3.63, 3.8) is 0 Å². The number of hydrogen-bond donors (Lipinski definition) is 0. The second-order valence-corrected chi connectivity index (χ2v) is 5.61. The molecule has 134 valence electrons. The van der Waals surface area contributed by atoms with Gasteiger partial charge in [0, 0.05) is 36.3 Å². The summed E-state index contributed by atoms with van der Waals surface area (Å²) in [5.41, 5.74) is 1.56. The number of hydrogen-bond acceptors (Lipinski definition) is 3. The van der Waals surface area contributed by atoms with E-state index in [1.807, 2.05) is 23.9 Å². The molecule has 0 fully saturated rings. The molecule has 0 radical (unpaired) electrons. The molecule has 0 aliphatic carbocycles.